The molecule has 0 aromatic rings. The lowest BCUT2D eigenvalue weighted by Gasteiger charge is -2.17. The minimum absolute atomic E-state index is 0.0127. The van der Waals surface area contributed by atoms with E-state index in [4.69, 9.17) is 15.9 Å². The van der Waals surface area contributed by atoms with Crippen molar-refractivity contribution in [3.05, 3.63) is 0 Å². The molecule has 0 atom stereocenters. The molecule has 0 aromatic carbocycles. The summed E-state index contributed by atoms with van der Waals surface area (Å²) < 4.78 is 0. The van der Waals surface area contributed by atoms with E-state index in [0.29, 0.717) is 0 Å². The monoisotopic (exact) mass is 147 g/mol. The molecule has 0 heterocycles. The first kappa shape index (κ1) is 9.39. The molecule has 0 fully saturated rings. The fraction of sp³-hybridized carbons (Fsp3) is 0.833. The minimum atomic E-state index is -1.73. The van der Waals surface area contributed by atoms with Crippen LogP contribution in [0.15, 0.2) is 0 Å². The first-order chi connectivity index (χ1) is 4.48. The lowest BCUT2D eigenvalue weighted by atomic mass is 10.1. The lowest BCUT2D eigenvalue weighted by Crippen LogP contribution is -2.28. The Morgan fingerprint density at radius 2 is 2.10 bits per heavy atom. The minimum Gasteiger partial charge on any atom is -0.370 e. The third-order valence-corrected chi connectivity index (χ3v) is 1.34. The number of nitrogens with two attached hydrogens (primary N) is 1. The van der Waals surface area contributed by atoms with Crippen LogP contribution in [-0.4, -0.2) is 21.9 Å². The average molecular weight is 147 g/mol. The van der Waals surface area contributed by atoms with Crippen molar-refractivity contribution in [2.45, 2.75) is 32.0 Å². The van der Waals surface area contributed by atoms with Gasteiger partial charge in [-0.1, -0.05) is 6.92 Å². The molecular formula is C6H13NO3. The van der Waals surface area contributed by atoms with Gasteiger partial charge in [-0.2, -0.15) is 0 Å². The van der Waals surface area contributed by atoms with Crippen LogP contribution in [0.4, 0.5) is 0 Å². The van der Waals surface area contributed by atoms with Gasteiger partial charge < -0.3 is 15.9 Å². The number of amides is 1. The number of aliphatic hydroxyl groups is 2. The molecule has 4 nitrogen and oxygen atoms in total. The molecule has 4 heteroatoms. The zero-order valence-electron chi connectivity index (χ0n) is 6.00. The molecule has 0 aliphatic rings. The topological polar surface area (TPSA) is 83.6 Å². The Balaban J connectivity index is 3.56. The van der Waals surface area contributed by atoms with Crippen molar-refractivity contribution in [2.75, 3.05) is 0 Å². The Hall–Kier alpha value is -0.610. The summed E-state index contributed by atoms with van der Waals surface area (Å²) in [6, 6.07) is 0. The Labute approximate surface area is 59.7 Å². The molecule has 60 valence electrons. The molecule has 0 unspecified atom stereocenters. The van der Waals surface area contributed by atoms with Gasteiger partial charge in [0.1, 0.15) is 0 Å². The van der Waals surface area contributed by atoms with Crippen LogP contribution in [0.3, 0.4) is 0 Å². The molecular weight excluding hydrogens is 134 g/mol. The van der Waals surface area contributed by atoms with Crippen molar-refractivity contribution in [1.82, 2.24) is 0 Å². The molecule has 0 radical (unpaired) electrons. The maximum Gasteiger partial charge on any atom is 0.217 e. The number of rotatable bonds is 4. The summed E-state index contributed by atoms with van der Waals surface area (Å²) in [4.78, 5) is 10.2. The van der Waals surface area contributed by atoms with Gasteiger partial charge in [-0.15, -0.1) is 0 Å². The molecule has 0 rings (SSSR count). The Morgan fingerprint density at radius 1 is 1.60 bits per heavy atom. The highest BCUT2D eigenvalue weighted by atomic mass is 16.5. The van der Waals surface area contributed by atoms with Crippen molar-refractivity contribution in [2.24, 2.45) is 5.73 Å². The Morgan fingerprint density at radius 3 is 2.40 bits per heavy atom. The maximum absolute atomic E-state index is 10.2. The largest absolute Gasteiger partial charge is 0.370 e. The van der Waals surface area contributed by atoms with E-state index >= 15 is 0 Å². The van der Waals surface area contributed by atoms with Crippen LogP contribution in [0.5, 0.6) is 0 Å². The zero-order valence-corrected chi connectivity index (χ0v) is 6.00. The number of hydrogen-bond donors (Lipinski definition) is 3. The third kappa shape index (κ3) is 4.29. The molecule has 0 aliphatic heterocycles. The molecule has 0 saturated carbocycles. The van der Waals surface area contributed by atoms with Gasteiger partial charge in [0.05, 0.1) is 0 Å². The maximum atomic E-state index is 10.2. The van der Waals surface area contributed by atoms with Crippen molar-refractivity contribution in [1.29, 1.82) is 0 Å². The summed E-state index contributed by atoms with van der Waals surface area (Å²) >= 11 is 0. The number of primary amides is 1. The summed E-state index contributed by atoms with van der Waals surface area (Å²) in [7, 11) is 0. The molecule has 0 spiro atoms. The van der Waals surface area contributed by atoms with E-state index in [9.17, 15) is 4.79 Å². The van der Waals surface area contributed by atoms with Crippen LogP contribution in [-0.2, 0) is 4.79 Å². The fourth-order valence-electron chi connectivity index (χ4n) is 0.500. The zero-order chi connectivity index (χ0) is 8.20. The lowest BCUT2D eigenvalue weighted by molar-refractivity contribution is -0.169. The van der Waals surface area contributed by atoms with E-state index in [0.717, 1.165) is 0 Å². The molecule has 1 amide bonds. The van der Waals surface area contributed by atoms with Gasteiger partial charge in [0.15, 0.2) is 5.79 Å². The molecule has 10 heavy (non-hydrogen) atoms. The van der Waals surface area contributed by atoms with Gasteiger partial charge in [0.25, 0.3) is 0 Å². The predicted octanol–water partition coefficient (Wildman–Crippen LogP) is -0.657. The van der Waals surface area contributed by atoms with Crippen molar-refractivity contribution >= 4 is 5.91 Å². The number of hydrogen-bond acceptors (Lipinski definition) is 3. The second kappa shape index (κ2) is 3.53. The van der Waals surface area contributed by atoms with Crippen molar-refractivity contribution in [3.8, 4) is 0 Å². The van der Waals surface area contributed by atoms with E-state index in [1.54, 1.807) is 6.92 Å². The summed E-state index contributed by atoms with van der Waals surface area (Å²) in [5.41, 5.74) is 4.79. The smallest absolute Gasteiger partial charge is 0.217 e. The van der Waals surface area contributed by atoms with Crippen molar-refractivity contribution in [3.63, 3.8) is 0 Å². The van der Waals surface area contributed by atoms with E-state index in [-0.39, 0.29) is 19.3 Å². The van der Waals surface area contributed by atoms with Crippen LogP contribution in [0, 0.1) is 0 Å². The van der Waals surface area contributed by atoms with Crippen LogP contribution < -0.4 is 5.73 Å². The quantitative estimate of drug-likeness (QED) is 0.462. The fourth-order valence-corrected chi connectivity index (χ4v) is 0.500. The molecule has 0 aromatic heterocycles. The average Bonchev–Trinajstić information content (AvgIpc) is 1.85. The van der Waals surface area contributed by atoms with Gasteiger partial charge >= 0.3 is 0 Å². The highest BCUT2D eigenvalue weighted by Gasteiger charge is 2.19. The van der Waals surface area contributed by atoms with Crippen LogP contribution in [0.2, 0.25) is 0 Å². The molecule has 0 aliphatic carbocycles. The number of carbonyl (C=O) groups excluding carboxylic acids is 1. The highest BCUT2D eigenvalue weighted by Crippen LogP contribution is 2.11. The Kier molecular flexibility index (Phi) is 3.32. The summed E-state index contributed by atoms with van der Waals surface area (Å²) in [5, 5.41) is 17.8. The summed E-state index contributed by atoms with van der Waals surface area (Å²) in [5.74, 6) is -2.24. The van der Waals surface area contributed by atoms with Crippen LogP contribution in [0.25, 0.3) is 0 Å². The van der Waals surface area contributed by atoms with Crippen LogP contribution in [0.1, 0.15) is 26.2 Å². The number of carbonyl (C=O) groups is 1. The predicted molar refractivity (Wildman–Crippen MR) is 35.9 cm³/mol. The van der Waals surface area contributed by atoms with Crippen LogP contribution >= 0.6 is 0 Å². The van der Waals surface area contributed by atoms with E-state index in [1.165, 1.54) is 0 Å². The van der Waals surface area contributed by atoms with Gasteiger partial charge in [-0.05, 0) is 6.42 Å². The standard InChI is InChI=1S/C6H13NO3/c1-2-6(9,10)4-3-5(7)8/h9-10H,2-4H2,1H3,(H2,7,8). The normalized spacial score (nSPS) is 11.5. The van der Waals surface area contributed by atoms with E-state index in [1.807, 2.05) is 0 Å². The first-order valence-electron chi connectivity index (χ1n) is 3.21. The first-order valence-corrected chi connectivity index (χ1v) is 3.21. The van der Waals surface area contributed by atoms with E-state index in [2.05, 4.69) is 0 Å². The summed E-state index contributed by atoms with van der Waals surface area (Å²) in [6.07, 6.45) is 0.236. The molecule has 0 saturated heterocycles. The summed E-state index contributed by atoms with van der Waals surface area (Å²) in [6.45, 7) is 1.63. The Bertz CT molecular complexity index is 122. The van der Waals surface area contributed by atoms with Gasteiger partial charge in [-0.3, -0.25) is 4.79 Å². The van der Waals surface area contributed by atoms with Gasteiger partial charge in [-0.25, -0.2) is 0 Å². The van der Waals surface area contributed by atoms with E-state index < -0.39 is 11.7 Å². The molecule has 0 bridgehead atoms. The van der Waals surface area contributed by atoms with Crippen molar-refractivity contribution < 1.29 is 15.0 Å². The second-order valence-corrected chi connectivity index (χ2v) is 2.30. The highest BCUT2D eigenvalue weighted by molar-refractivity contribution is 5.73. The SMILES string of the molecule is CCC(O)(O)CCC(N)=O. The van der Waals surface area contributed by atoms with Gasteiger partial charge in [0.2, 0.25) is 5.91 Å². The molecule has 4 N–H and O–H groups in total. The van der Waals surface area contributed by atoms with Gasteiger partial charge in [0, 0.05) is 12.8 Å². The third-order valence-electron chi connectivity index (χ3n) is 1.34. The second-order valence-electron chi connectivity index (χ2n) is 2.30.